The van der Waals surface area contributed by atoms with E-state index in [0.717, 1.165) is 24.9 Å². The van der Waals surface area contributed by atoms with E-state index in [1.165, 1.54) is 10.5 Å². The first kappa shape index (κ1) is 13.5. The van der Waals surface area contributed by atoms with Gasteiger partial charge in [-0.05, 0) is 44.0 Å². The van der Waals surface area contributed by atoms with Crippen molar-refractivity contribution in [1.29, 1.82) is 0 Å². The van der Waals surface area contributed by atoms with E-state index in [4.69, 9.17) is 0 Å². The molecule has 2 heterocycles. The molecule has 0 amide bonds. The van der Waals surface area contributed by atoms with Gasteiger partial charge in [-0.25, -0.2) is 13.4 Å². The van der Waals surface area contributed by atoms with Gasteiger partial charge in [-0.1, -0.05) is 0 Å². The van der Waals surface area contributed by atoms with Crippen molar-refractivity contribution < 1.29 is 8.42 Å². The lowest BCUT2D eigenvalue weighted by Crippen LogP contribution is -2.46. The lowest BCUT2D eigenvalue weighted by Gasteiger charge is -2.30. The second-order valence-corrected chi connectivity index (χ2v) is 6.64. The minimum absolute atomic E-state index is 0.0195. The maximum absolute atomic E-state index is 12.4. The first-order valence-electron chi connectivity index (χ1n) is 6.13. The minimum Gasteiger partial charge on any atom is -0.315 e. The van der Waals surface area contributed by atoms with Gasteiger partial charge in [0.2, 0.25) is 0 Å². The number of aromatic nitrogens is 1. The molecule has 0 radical (unpaired) electrons. The zero-order valence-corrected chi connectivity index (χ0v) is 11.6. The SMILES string of the molecule is Cc1ccnc(S(=O)(=O)N(C)C2CCCNC2)c1. The van der Waals surface area contributed by atoms with Crippen molar-refractivity contribution >= 4 is 10.0 Å². The Morgan fingerprint density at radius 2 is 2.28 bits per heavy atom. The van der Waals surface area contributed by atoms with Crippen LogP contribution in [0, 0.1) is 6.92 Å². The molecule has 1 aliphatic heterocycles. The molecule has 100 valence electrons. The molecular weight excluding hydrogens is 250 g/mol. The van der Waals surface area contributed by atoms with Crippen LogP contribution >= 0.6 is 0 Å². The van der Waals surface area contributed by atoms with Gasteiger partial charge in [0.25, 0.3) is 10.0 Å². The molecule has 6 heteroatoms. The van der Waals surface area contributed by atoms with Gasteiger partial charge in [0.1, 0.15) is 0 Å². The zero-order chi connectivity index (χ0) is 13.2. The van der Waals surface area contributed by atoms with Crippen molar-refractivity contribution in [2.45, 2.75) is 30.8 Å². The molecule has 1 aromatic heterocycles. The van der Waals surface area contributed by atoms with Crippen molar-refractivity contribution in [3.05, 3.63) is 23.9 Å². The summed E-state index contributed by atoms with van der Waals surface area (Å²) in [6.45, 7) is 3.54. The van der Waals surface area contributed by atoms with Crippen LogP contribution < -0.4 is 5.32 Å². The van der Waals surface area contributed by atoms with Crippen molar-refractivity contribution in [2.24, 2.45) is 0 Å². The summed E-state index contributed by atoms with van der Waals surface area (Å²) in [7, 11) is -1.84. The molecule has 2 rings (SSSR count). The molecule has 1 atom stereocenters. The number of hydrogen-bond donors (Lipinski definition) is 1. The second kappa shape index (κ2) is 5.34. The topological polar surface area (TPSA) is 62.3 Å². The maximum atomic E-state index is 12.4. The summed E-state index contributed by atoms with van der Waals surface area (Å²) in [5.74, 6) is 0. The molecule has 0 aliphatic carbocycles. The van der Waals surface area contributed by atoms with Crippen molar-refractivity contribution in [3.8, 4) is 0 Å². The molecule has 0 bridgehead atoms. The molecule has 0 aromatic carbocycles. The van der Waals surface area contributed by atoms with Gasteiger partial charge in [-0.3, -0.25) is 0 Å². The molecule has 1 fully saturated rings. The number of nitrogens with zero attached hydrogens (tertiary/aromatic N) is 2. The molecule has 0 saturated carbocycles. The highest BCUT2D eigenvalue weighted by Gasteiger charge is 2.29. The average molecular weight is 269 g/mol. The summed E-state index contributed by atoms with van der Waals surface area (Å²) in [6, 6.07) is 3.43. The lowest BCUT2D eigenvalue weighted by atomic mass is 10.1. The number of sulfonamides is 1. The van der Waals surface area contributed by atoms with E-state index < -0.39 is 10.0 Å². The van der Waals surface area contributed by atoms with Gasteiger partial charge in [-0.15, -0.1) is 0 Å². The standard InChI is InChI=1S/C12H19N3O2S/c1-10-5-7-14-12(8-10)18(16,17)15(2)11-4-3-6-13-9-11/h5,7-8,11,13H,3-4,6,9H2,1-2H3. The van der Waals surface area contributed by atoms with Crippen LogP contribution in [0.2, 0.25) is 0 Å². The molecule has 1 unspecified atom stereocenters. The highest BCUT2D eigenvalue weighted by Crippen LogP contribution is 2.18. The first-order chi connectivity index (χ1) is 8.51. The summed E-state index contributed by atoms with van der Waals surface area (Å²) >= 11 is 0. The van der Waals surface area contributed by atoms with Gasteiger partial charge in [0.15, 0.2) is 5.03 Å². The first-order valence-corrected chi connectivity index (χ1v) is 7.57. The van der Waals surface area contributed by atoms with Crippen LogP contribution in [0.3, 0.4) is 0 Å². The fourth-order valence-electron chi connectivity index (χ4n) is 2.14. The van der Waals surface area contributed by atoms with Crippen LogP contribution in [0.5, 0.6) is 0 Å². The molecule has 1 N–H and O–H groups in total. The van der Waals surface area contributed by atoms with Crippen molar-refractivity contribution in [2.75, 3.05) is 20.1 Å². The van der Waals surface area contributed by atoms with E-state index in [2.05, 4.69) is 10.3 Å². The number of rotatable bonds is 3. The third-order valence-corrected chi connectivity index (χ3v) is 5.13. The molecule has 1 aliphatic rings. The summed E-state index contributed by atoms with van der Waals surface area (Å²) in [5, 5.41) is 3.36. The Kier molecular flexibility index (Phi) is 3.99. The molecule has 1 saturated heterocycles. The number of aryl methyl sites for hydroxylation is 1. The van der Waals surface area contributed by atoms with E-state index >= 15 is 0 Å². The molecule has 1 aromatic rings. The summed E-state index contributed by atoms with van der Waals surface area (Å²) < 4.78 is 26.3. The average Bonchev–Trinajstić information content (AvgIpc) is 2.39. The maximum Gasteiger partial charge on any atom is 0.260 e. The Morgan fingerprint density at radius 3 is 2.89 bits per heavy atom. The Hall–Kier alpha value is -0.980. The summed E-state index contributed by atoms with van der Waals surface area (Å²) in [6.07, 6.45) is 3.44. The Labute approximate surface area is 108 Å². The van der Waals surface area contributed by atoms with Gasteiger partial charge < -0.3 is 5.32 Å². The smallest absolute Gasteiger partial charge is 0.260 e. The lowest BCUT2D eigenvalue weighted by molar-refractivity contribution is 0.299. The predicted octanol–water partition coefficient (Wildman–Crippen LogP) is 0.763. The predicted molar refractivity (Wildman–Crippen MR) is 69.8 cm³/mol. The van der Waals surface area contributed by atoms with Gasteiger partial charge in [-0.2, -0.15) is 4.31 Å². The molecule has 5 nitrogen and oxygen atoms in total. The highest BCUT2D eigenvalue weighted by atomic mass is 32.2. The molecule has 0 spiro atoms. The van der Waals surface area contributed by atoms with Crippen LogP contribution in [0.4, 0.5) is 0 Å². The normalized spacial score (nSPS) is 21.2. The Bertz CT molecular complexity index is 510. The Balaban J connectivity index is 2.24. The number of likely N-dealkylation sites (N-methyl/N-ethyl adjacent to an activating group) is 1. The largest absolute Gasteiger partial charge is 0.315 e. The number of nitrogens with one attached hydrogen (secondary N) is 1. The van der Waals surface area contributed by atoms with Gasteiger partial charge >= 0.3 is 0 Å². The van der Waals surface area contributed by atoms with Gasteiger partial charge in [0, 0.05) is 25.8 Å². The zero-order valence-electron chi connectivity index (χ0n) is 10.8. The van der Waals surface area contributed by atoms with Crippen molar-refractivity contribution in [1.82, 2.24) is 14.6 Å². The highest BCUT2D eigenvalue weighted by molar-refractivity contribution is 7.89. The van der Waals surface area contributed by atoms with Crippen LogP contribution in [-0.2, 0) is 10.0 Å². The quantitative estimate of drug-likeness (QED) is 0.880. The van der Waals surface area contributed by atoms with E-state index in [-0.39, 0.29) is 11.1 Å². The van der Waals surface area contributed by atoms with E-state index in [1.54, 1.807) is 19.2 Å². The van der Waals surface area contributed by atoms with Gasteiger partial charge in [0.05, 0.1) is 0 Å². The van der Waals surface area contributed by atoms with E-state index in [1.807, 2.05) is 6.92 Å². The summed E-state index contributed by atoms with van der Waals surface area (Å²) in [5.41, 5.74) is 0.902. The monoisotopic (exact) mass is 269 g/mol. The fourth-order valence-corrected chi connectivity index (χ4v) is 3.53. The minimum atomic E-state index is -3.48. The third-order valence-electron chi connectivity index (χ3n) is 3.32. The van der Waals surface area contributed by atoms with Crippen LogP contribution in [0.15, 0.2) is 23.4 Å². The fraction of sp³-hybridized carbons (Fsp3) is 0.583. The van der Waals surface area contributed by atoms with Crippen LogP contribution in [0.1, 0.15) is 18.4 Å². The van der Waals surface area contributed by atoms with E-state index in [0.29, 0.717) is 6.54 Å². The number of piperidine rings is 1. The number of hydrogen-bond acceptors (Lipinski definition) is 4. The van der Waals surface area contributed by atoms with Crippen molar-refractivity contribution in [3.63, 3.8) is 0 Å². The van der Waals surface area contributed by atoms with E-state index in [9.17, 15) is 8.42 Å². The second-order valence-electron chi connectivity index (χ2n) is 4.69. The number of pyridine rings is 1. The van der Waals surface area contributed by atoms with Crippen LogP contribution in [0.25, 0.3) is 0 Å². The van der Waals surface area contributed by atoms with Crippen LogP contribution in [-0.4, -0.2) is 43.9 Å². The summed E-state index contributed by atoms with van der Waals surface area (Å²) in [4.78, 5) is 3.98. The molecular formula is C12H19N3O2S. The Morgan fingerprint density at radius 1 is 1.50 bits per heavy atom. The third kappa shape index (κ3) is 2.71. The molecule has 18 heavy (non-hydrogen) atoms.